The molecule has 1 aliphatic rings. The van der Waals surface area contributed by atoms with Crippen molar-refractivity contribution in [3.05, 3.63) is 29.3 Å². The highest BCUT2D eigenvalue weighted by Crippen LogP contribution is 2.35. The fraction of sp³-hybridized carbons (Fsp3) is 0.647. The van der Waals surface area contributed by atoms with Gasteiger partial charge in [0.05, 0.1) is 0 Å². The number of nitrogens with one attached hydrogen (secondary N) is 1. The molecule has 1 heterocycles. The second-order valence-corrected chi connectivity index (χ2v) is 5.95. The smallest absolute Gasteiger partial charge is 0.169 e. The molecule has 0 amide bonds. The molecule has 1 N–H and O–H groups in total. The van der Waals surface area contributed by atoms with E-state index in [2.05, 4.69) is 37.4 Å². The molecular weight excluding hydrogens is 266 g/mol. The summed E-state index contributed by atoms with van der Waals surface area (Å²) < 4.78 is 16.9. The molecule has 4 heteroatoms. The van der Waals surface area contributed by atoms with Crippen molar-refractivity contribution in [2.24, 2.45) is 0 Å². The van der Waals surface area contributed by atoms with E-state index in [0.717, 1.165) is 18.7 Å². The number of hydrogen-bond acceptors (Lipinski definition) is 4. The summed E-state index contributed by atoms with van der Waals surface area (Å²) in [5, 5.41) is 3.39. The van der Waals surface area contributed by atoms with E-state index >= 15 is 0 Å². The molecule has 0 fully saturated rings. The van der Waals surface area contributed by atoms with Crippen molar-refractivity contribution in [2.45, 2.75) is 52.6 Å². The molecule has 0 spiro atoms. The van der Waals surface area contributed by atoms with E-state index < -0.39 is 0 Å². The van der Waals surface area contributed by atoms with E-state index in [1.165, 1.54) is 11.1 Å². The molecule has 2 rings (SSSR count). The number of ether oxygens (including phenoxy) is 3. The first-order chi connectivity index (χ1) is 10.0. The van der Waals surface area contributed by atoms with Gasteiger partial charge in [0, 0.05) is 32.7 Å². The fourth-order valence-corrected chi connectivity index (χ4v) is 2.64. The fourth-order valence-electron chi connectivity index (χ4n) is 2.64. The van der Waals surface area contributed by atoms with Gasteiger partial charge in [-0.3, -0.25) is 0 Å². The maximum Gasteiger partial charge on any atom is 0.169 e. The Balaban J connectivity index is 1.85. The second kappa shape index (κ2) is 7.25. The molecule has 0 atom stereocenters. The van der Waals surface area contributed by atoms with Gasteiger partial charge in [0.1, 0.15) is 11.4 Å². The molecule has 1 aromatic carbocycles. The Bertz CT molecular complexity index is 453. The molecule has 1 aromatic rings. The number of fused-ring (bicyclic) bond motifs is 1. The maximum atomic E-state index is 5.90. The zero-order valence-electron chi connectivity index (χ0n) is 13.6. The standard InChI is InChI=1S/C17H27NO3/c1-5-19-16(20-6-2)12-18-11-13-7-8-15-14(9-13)10-17(3,4)21-15/h7-9,16,18H,5-6,10-12H2,1-4H3. The Labute approximate surface area is 127 Å². The summed E-state index contributed by atoms with van der Waals surface area (Å²) >= 11 is 0. The van der Waals surface area contributed by atoms with Gasteiger partial charge in [-0.1, -0.05) is 12.1 Å². The molecule has 118 valence electrons. The van der Waals surface area contributed by atoms with Crippen molar-refractivity contribution < 1.29 is 14.2 Å². The lowest BCUT2D eigenvalue weighted by molar-refractivity contribution is -0.133. The lowest BCUT2D eigenvalue weighted by Gasteiger charge is -2.17. The maximum absolute atomic E-state index is 5.90. The van der Waals surface area contributed by atoms with Gasteiger partial charge >= 0.3 is 0 Å². The average molecular weight is 293 g/mol. The highest BCUT2D eigenvalue weighted by Gasteiger charge is 2.29. The molecule has 4 nitrogen and oxygen atoms in total. The van der Waals surface area contributed by atoms with Crippen LogP contribution in [-0.4, -0.2) is 31.6 Å². The van der Waals surface area contributed by atoms with Gasteiger partial charge in [0.25, 0.3) is 0 Å². The quantitative estimate of drug-likeness (QED) is 0.748. The Morgan fingerprint density at radius 2 is 1.95 bits per heavy atom. The Hall–Kier alpha value is -1.10. The average Bonchev–Trinajstić information content (AvgIpc) is 2.72. The van der Waals surface area contributed by atoms with Crippen LogP contribution in [0.1, 0.15) is 38.8 Å². The minimum atomic E-state index is -0.170. The van der Waals surface area contributed by atoms with Gasteiger partial charge in [-0.05, 0) is 44.9 Å². The topological polar surface area (TPSA) is 39.7 Å². The Kier molecular flexibility index (Phi) is 5.62. The lowest BCUT2D eigenvalue weighted by Crippen LogP contribution is -2.31. The van der Waals surface area contributed by atoms with E-state index in [9.17, 15) is 0 Å². The van der Waals surface area contributed by atoms with Gasteiger partial charge in [0.2, 0.25) is 0 Å². The van der Waals surface area contributed by atoms with Crippen molar-refractivity contribution in [2.75, 3.05) is 19.8 Å². The Morgan fingerprint density at radius 3 is 2.62 bits per heavy atom. The molecule has 1 aliphatic heterocycles. The summed E-state index contributed by atoms with van der Waals surface area (Å²) in [6, 6.07) is 6.42. The minimum Gasteiger partial charge on any atom is -0.487 e. The van der Waals surface area contributed by atoms with Crippen molar-refractivity contribution in [3.63, 3.8) is 0 Å². The summed E-state index contributed by atoms with van der Waals surface area (Å²) in [5.41, 5.74) is 2.48. The van der Waals surface area contributed by atoms with Crippen LogP contribution in [0, 0.1) is 0 Å². The molecule has 0 radical (unpaired) electrons. The van der Waals surface area contributed by atoms with Crippen LogP contribution >= 0.6 is 0 Å². The lowest BCUT2D eigenvalue weighted by atomic mass is 10.0. The van der Waals surface area contributed by atoms with Crippen molar-refractivity contribution in [1.82, 2.24) is 5.32 Å². The first kappa shape index (κ1) is 16.3. The van der Waals surface area contributed by atoms with Crippen molar-refractivity contribution in [3.8, 4) is 5.75 Å². The van der Waals surface area contributed by atoms with Gasteiger partial charge < -0.3 is 19.5 Å². The first-order valence-corrected chi connectivity index (χ1v) is 7.79. The summed E-state index contributed by atoms with van der Waals surface area (Å²) in [7, 11) is 0. The Morgan fingerprint density at radius 1 is 1.24 bits per heavy atom. The molecule has 0 saturated heterocycles. The third-order valence-electron chi connectivity index (χ3n) is 3.47. The molecule has 0 saturated carbocycles. The van der Waals surface area contributed by atoms with E-state index in [1.54, 1.807) is 0 Å². The molecule has 21 heavy (non-hydrogen) atoms. The van der Waals surface area contributed by atoms with Crippen LogP contribution in [0.15, 0.2) is 18.2 Å². The van der Waals surface area contributed by atoms with Gasteiger partial charge in [0.15, 0.2) is 6.29 Å². The van der Waals surface area contributed by atoms with Crippen LogP contribution in [0.4, 0.5) is 0 Å². The van der Waals surface area contributed by atoms with Gasteiger partial charge in [-0.2, -0.15) is 0 Å². The predicted octanol–water partition coefficient (Wildman–Crippen LogP) is 2.89. The highest BCUT2D eigenvalue weighted by molar-refractivity contribution is 5.41. The monoisotopic (exact) mass is 293 g/mol. The first-order valence-electron chi connectivity index (χ1n) is 7.79. The van der Waals surface area contributed by atoms with Crippen LogP contribution in [0.5, 0.6) is 5.75 Å². The molecule has 0 bridgehead atoms. The number of rotatable bonds is 8. The highest BCUT2D eigenvalue weighted by atomic mass is 16.7. The summed E-state index contributed by atoms with van der Waals surface area (Å²) in [5.74, 6) is 1.02. The van der Waals surface area contributed by atoms with Crippen LogP contribution in [0.3, 0.4) is 0 Å². The summed E-state index contributed by atoms with van der Waals surface area (Å²) in [4.78, 5) is 0. The third kappa shape index (κ3) is 4.70. The van der Waals surface area contributed by atoms with Gasteiger partial charge in [-0.25, -0.2) is 0 Å². The van der Waals surface area contributed by atoms with Crippen LogP contribution in [0.25, 0.3) is 0 Å². The zero-order valence-corrected chi connectivity index (χ0v) is 13.6. The normalized spacial score (nSPS) is 16.0. The molecular formula is C17H27NO3. The van der Waals surface area contributed by atoms with E-state index in [0.29, 0.717) is 19.8 Å². The van der Waals surface area contributed by atoms with Crippen LogP contribution in [0.2, 0.25) is 0 Å². The number of hydrogen-bond donors (Lipinski definition) is 1. The molecule has 0 aliphatic carbocycles. The number of benzene rings is 1. The largest absolute Gasteiger partial charge is 0.487 e. The predicted molar refractivity (Wildman–Crippen MR) is 83.6 cm³/mol. The van der Waals surface area contributed by atoms with E-state index in [4.69, 9.17) is 14.2 Å². The van der Waals surface area contributed by atoms with Gasteiger partial charge in [-0.15, -0.1) is 0 Å². The van der Waals surface area contributed by atoms with Crippen molar-refractivity contribution in [1.29, 1.82) is 0 Å². The third-order valence-corrected chi connectivity index (χ3v) is 3.47. The van der Waals surface area contributed by atoms with Crippen LogP contribution in [-0.2, 0) is 22.4 Å². The van der Waals surface area contributed by atoms with E-state index in [-0.39, 0.29) is 11.9 Å². The summed E-state index contributed by atoms with van der Waals surface area (Å²) in [6.07, 6.45) is 0.799. The summed E-state index contributed by atoms with van der Waals surface area (Å²) in [6.45, 7) is 11.0. The SMILES string of the molecule is CCOC(CNCc1ccc2c(c1)CC(C)(C)O2)OCC. The van der Waals surface area contributed by atoms with E-state index in [1.807, 2.05) is 13.8 Å². The molecule has 0 aromatic heterocycles. The van der Waals surface area contributed by atoms with Crippen LogP contribution < -0.4 is 10.1 Å². The second-order valence-electron chi connectivity index (χ2n) is 5.95. The minimum absolute atomic E-state index is 0.0799. The zero-order chi connectivity index (χ0) is 15.3. The molecule has 0 unspecified atom stereocenters. The van der Waals surface area contributed by atoms with Crippen molar-refractivity contribution >= 4 is 0 Å².